The minimum absolute atomic E-state index is 0.0607. The zero-order chi connectivity index (χ0) is 20.0. The highest BCUT2D eigenvalue weighted by atomic mass is 19.4. The molecule has 3 rings (SSSR count). The highest BCUT2D eigenvalue weighted by Crippen LogP contribution is 2.34. The van der Waals surface area contributed by atoms with Crippen molar-refractivity contribution >= 4 is 17.5 Å². The molecule has 0 radical (unpaired) electrons. The third-order valence-electron chi connectivity index (χ3n) is 3.93. The Balaban J connectivity index is 1.60. The summed E-state index contributed by atoms with van der Waals surface area (Å²) in [5.41, 5.74) is -0.00607. The normalized spacial score (nSPS) is 11.1. The molecule has 1 heterocycles. The van der Waals surface area contributed by atoms with Crippen LogP contribution in [0.25, 0.3) is 0 Å². The minimum Gasteiger partial charge on any atom is -0.354 e. The maximum absolute atomic E-state index is 13.0. The van der Waals surface area contributed by atoms with E-state index in [0.29, 0.717) is 12.5 Å². The van der Waals surface area contributed by atoms with Crippen LogP contribution in [0.4, 0.5) is 24.8 Å². The Morgan fingerprint density at radius 1 is 0.929 bits per heavy atom. The number of rotatable bonds is 6. The molecule has 0 aliphatic heterocycles. The Kier molecular flexibility index (Phi) is 5.88. The lowest BCUT2D eigenvalue weighted by Gasteiger charge is -2.13. The van der Waals surface area contributed by atoms with Crippen LogP contribution in [-0.2, 0) is 12.6 Å². The number of carbonyl (C=O) groups excluding carboxylic acids is 1. The Bertz CT molecular complexity index is 928. The van der Waals surface area contributed by atoms with Gasteiger partial charge in [0.2, 0.25) is 5.95 Å². The van der Waals surface area contributed by atoms with Gasteiger partial charge in [-0.2, -0.15) is 13.2 Å². The van der Waals surface area contributed by atoms with Gasteiger partial charge in [0.1, 0.15) is 0 Å². The largest absolute Gasteiger partial charge is 0.418 e. The van der Waals surface area contributed by atoms with E-state index in [1.54, 1.807) is 0 Å². The predicted molar refractivity (Wildman–Crippen MR) is 100 cm³/mol. The second-order valence-corrected chi connectivity index (χ2v) is 5.96. The fraction of sp³-hybridized carbons (Fsp3) is 0.150. The zero-order valence-corrected chi connectivity index (χ0v) is 14.7. The fourth-order valence-corrected chi connectivity index (χ4v) is 2.53. The summed E-state index contributed by atoms with van der Waals surface area (Å²) in [5.74, 6) is -0.379. The zero-order valence-electron chi connectivity index (χ0n) is 14.7. The van der Waals surface area contributed by atoms with Gasteiger partial charge < -0.3 is 10.6 Å². The number of anilines is 2. The van der Waals surface area contributed by atoms with Gasteiger partial charge in [-0.1, -0.05) is 42.5 Å². The number of nitrogens with one attached hydrogen (secondary N) is 2. The molecule has 1 aromatic heterocycles. The number of alkyl halides is 3. The number of para-hydroxylation sites is 1. The van der Waals surface area contributed by atoms with Gasteiger partial charge >= 0.3 is 6.18 Å². The van der Waals surface area contributed by atoms with Crippen molar-refractivity contribution in [3.05, 3.63) is 83.7 Å². The topological polar surface area (TPSA) is 66.9 Å². The molecule has 0 atom stereocenters. The van der Waals surface area contributed by atoms with Crippen molar-refractivity contribution in [2.45, 2.75) is 12.6 Å². The number of carbonyl (C=O) groups is 1. The molecule has 5 nitrogen and oxygen atoms in total. The molecule has 2 aromatic carbocycles. The van der Waals surface area contributed by atoms with E-state index in [-0.39, 0.29) is 11.3 Å². The monoisotopic (exact) mass is 386 g/mol. The van der Waals surface area contributed by atoms with Crippen molar-refractivity contribution in [2.24, 2.45) is 0 Å². The van der Waals surface area contributed by atoms with E-state index in [2.05, 4.69) is 20.6 Å². The highest BCUT2D eigenvalue weighted by Gasteiger charge is 2.33. The standard InChI is InChI=1S/C20H17F3N4O/c21-20(22,23)16-8-4-5-9-17(16)27-18(28)15-12-25-19(26-13-15)24-11-10-14-6-2-1-3-7-14/h1-9,12-13H,10-11H2,(H,27,28)(H,24,25,26). The van der Waals surface area contributed by atoms with E-state index in [1.807, 2.05) is 30.3 Å². The molecule has 0 bridgehead atoms. The van der Waals surface area contributed by atoms with Crippen molar-refractivity contribution in [3.63, 3.8) is 0 Å². The number of hydrogen-bond acceptors (Lipinski definition) is 4. The molecule has 2 N–H and O–H groups in total. The smallest absolute Gasteiger partial charge is 0.354 e. The molecule has 0 fully saturated rings. The van der Waals surface area contributed by atoms with Crippen molar-refractivity contribution in [1.82, 2.24) is 9.97 Å². The maximum atomic E-state index is 13.0. The molecule has 0 aliphatic rings. The Morgan fingerprint density at radius 2 is 1.57 bits per heavy atom. The number of benzene rings is 2. The quantitative estimate of drug-likeness (QED) is 0.659. The molecule has 0 saturated carbocycles. The lowest BCUT2D eigenvalue weighted by atomic mass is 10.1. The summed E-state index contributed by atoms with van der Waals surface area (Å²) < 4.78 is 39.0. The first-order chi connectivity index (χ1) is 13.4. The van der Waals surface area contributed by atoms with Crippen LogP contribution in [0.15, 0.2) is 67.0 Å². The van der Waals surface area contributed by atoms with Gasteiger partial charge in [0, 0.05) is 18.9 Å². The fourth-order valence-electron chi connectivity index (χ4n) is 2.53. The van der Waals surface area contributed by atoms with Gasteiger partial charge in [-0.25, -0.2) is 9.97 Å². The third kappa shape index (κ3) is 5.06. The summed E-state index contributed by atoms with van der Waals surface area (Å²) in [4.78, 5) is 20.3. The van der Waals surface area contributed by atoms with Crippen LogP contribution in [0.1, 0.15) is 21.5 Å². The predicted octanol–water partition coefficient (Wildman–Crippen LogP) is 4.40. The first-order valence-electron chi connectivity index (χ1n) is 8.51. The van der Waals surface area contributed by atoms with Crippen molar-refractivity contribution in [1.29, 1.82) is 0 Å². The molecular formula is C20H17F3N4O. The van der Waals surface area contributed by atoms with Crippen LogP contribution in [0.5, 0.6) is 0 Å². The van der Waals surface area contributed by atoms with Gasteiger partial charge in [0.15, 0.2) is 0 Å². The lowest BCUT2D eigenvalue weighted by molar-refractivity contribution is -0.136. The maximum Gasteiger partial charge on any atom is 0.418 e. The van der Waals surface area contributed by atoms with Gasteiger partial charge in [0.05, 0.1) is 16.8 Å². The third-order valence-corrected chi connectivity index (χ3v) is 3.93. The summed E-state index contributed by atoms with van der Waals surface area (Å²) in [6.07, 6.45) is -1.25. The average molecular weight is 386 g/mol. The summed E-state index contributed by atoms with van der Waals surface area (Å²) in [6, 6.07) is 14.7. The van der Waals surface area contributed by atoms with E-state index in [4.69, 9.17) is 0 Å². The van der Waals surface area contributed by atoms with Crippen LogP contribution >= 0.6 is 0 Å². The molecule has 0 unspecified atom stereocenters. The Hall–Kier alpha value is -3.42. The van der Waals surface area contributed by atoms with E-state index < -0.39 is 17.6 Å². The number of amides is 1. The number of halogens is 3. The highest BCUT2D eigenvalue weighted by molar-refractivity contribution is 6.04. The average Bonchev–Trinajstić information content (AvgIpc) is 2.69. The van der Waals surface area contributed by atoms with E-state index in [9.17, 15) is 18.0 Å². The van der Waals surface area contributed by atoms with Gasteiger partial charge in [-0.15, -0.1) is 0 Å². The van der Waals surface area contributed by atoms with Crippen molar-refractivity contribution in [3.8, 4) is 0 Å². The first kappa shape index (κ1) is 19.3. The Labute approximate surface area is 159 Å². The second-order valence-electron chi connectivity index (χ2n) is 5.96. The van der Waals surface area contributed by atoms with Crippen LogP contribution in [0, 0.1) is 0 Å². The van der Waals surface area contributed by atoms with E-state index in [0.717, 1.165) is 18.1 Å². The van der Waals surface area contributed by atoms with Crippen LogP contribution in [0.2, 0.25) is 0 Å². The Morgan fingerprint density at radius 3 is 2.25 bits per heavy atom. The molecule has 144 valence electrons. The number of nitrogens with zero attached hydrogens (tertiary/aromatic N) is 2. The summed E-state index contributed by atoms with van der Waals surface area (Å²) in [6.45, 7) is 0.606. The van der Waals surface area contributed by atoms with Crippen LogP contribution in [0.3, 0.4) is 0 Å². The SMILES string of the molecule is O=C(Nc1ccccc1C(F)(F)F)c1cnc(NCCc2ccccc2)nc1. The lowest BCUT2D eigenvalue weighted by Crippen LogP contribution is -2.17. The summed E-state index contributed by atoms with van der Waals surface area (Å²) >= 11 is 0. The molecule has 3 aromatic rings. The van der Waals surface area contributed by atoms with Crippen molar-refractivity contribution in [2.75, 3.05) is 17.2 Å². The van der Waals surface area contributed by atoms with Crippen LogP contribution in [-0.4, -0.2) is 22.4 Å². The van der Waals surface area contributed by atoms with Crippen LogP contribution < -0.4 is 10.6 Å². The minimum atomic E-state index is -4.56. The van der Waals surface area contributed by atoms with E-state index in [1.165, 1.54) is 30.6 Å². The molecule has 0 aliphatic carbocycles. The first-order valence-corrected chi connectivity index (χ1v) is 8.51. The molecule has 1 amide bonds. The summed E-state index contributed by atoms with van der Waals surface area (Å²) in [5, 5.41) is 5.29. The molecule has 0 saturated heterocycles. The number of aromatic nitrogens is 2. The van der Waals surface area contributed by atoms with Gasteiger partial charge in [-0.3, -0.25) is 4.79 Å². The van der Waals surface area contributed by atoms with Crippen molar-refractivity contribution < 1.29 is 18.0 Å². The van der Waals surface area contributed by atoms with E-state index >= 15 is 0 Å². The molecular weight excluding hydrogens is 369 g/mol. The molecule has 0 spiro atoms. The van der Waals surface area contributed by atoms with Gasteiger partial charge in [-0.05, 0) is 24.1 Å². The molecule has 28 heavy (non-hydrogen) atoms. The second kappa shape index (κ2) is 8.51. The summed E-state index contributed by atoms with van der Waals surface area (Å²) in [7, 11) is 0. The van der Waals surface area contributed by atoms with Gasteiger partial charge in [0.25, 0.3) is 5.91 Å². The molecule has 8 heteroatoms. The number of hydrogen-bond donors (Lipinski definition) is 2.